The smallest absolute Gasteiger partial charge is 0.197 e. The summed E-state index contributed by atoms with van der Waals surface area (Å²) in [5.41, 5.74) is 0.134. The van der Waals surface area contributed by atoms with E-state index in [1.54, 1.807) is 6.07 Å². The van der Waals surface area contributed by atoms with Crippen molar-refractivity contribution in [2.75, 3.05) is 0 Å². The van der Waals surface area contributed by atoms with Crippen molar-refractivity contribution in [2.24, 2.45) is 5.92 Å². The molecule has 1 aromatic heterocycles. The molecule has 0 amide bonds. The lowest BCUT2D eigenvalue weighted by molar-refractivity contribution is -0.126. The van der Waals surface area contributed by atoms with Gasteiger partial charge in [-0.2, -0.15) is 5.26 Å². The Kier molecular flexibility index (Phi) is 5.09. The molecule has 0 fully saturated rings. The molecule has 0 N–H and O–H groups in total. The quantitative estimate of drug-likeness (QED) is 0.599. The van der Waals surface area contributed by atoms with Crippen molar-refractivity contribution in [3.05, 3.63) is 53.5 Å². The Morgan fingerprint density at radius 2 is 1.96 bits per heavy atom. The fraction of sp³-hybridized carbons (Fsp3) is 0.235. The minimum Gasteiger partial charge on any atom is -0.483 e. The zero-order chi connectivity index (χ0) is 17.9. The largest absolute Gasteiger partial charge is 0.483 e. The van der Waals surface area contributed by atoms with Gasteiger partial charge < -0.3 is 9.15 Å². The second-order valence-corrected chi connectivity index (χ2v) is 5.06. The van der Waals surface area contributed by atoms with Gasteiger partial charge in [-0.3, -0.25) is 9.59 Å². The monoisotopic (exact) mass is 333 g/mol. The number of ether oxygens (including phenoxy) is 1. The normalized spacial score (nSPS) is 13.0. The molecule has 2 aromatic rings. The van der Waals surface area contributed by atoms with E-state index in [0.29, 0.717) is 5.76 Å². The highest BCUT2D eigenvalue weighted by Crippen LogP contribution is 2.20. The number of carbonyl (C=O) groups is 2. The van der Waals surface area contributed by atoms with Gasteiger partial charge in [-0.25, -0.2) is 8.78 Å². The SMILES string of the molecule is Cc1occc1C(=O)C(C#N)C(=O)C(C)Oc1ccc(F)c(F)c1. The first-order chi connectivity index (χ1) is 11.3. The zero-order valence-electron chi connectivity index (χ0n) is 12.9. The molecule has 24 heavy (non-hydrogen) atoms. The summed E-state index contributed by atoms with van der Waals surface area (Å²) >= 11 is 0. The highest BCUT2D eigenvalue weighted by molar-refractivity contribution is 6.14. The maximum Gasteiger partial charge on any atom is 0.197 e. The number of furan rings is 1. The number of benzene rings is 1. The van der Waals surface area contributed by atoms with Gasteiger partial charge in [0.05, 0.1) is 17.9 Å². The van der Waals surface area contributed by atoms with E-state index in [9.17, 15) is 18.4 Å². The summed E-state index contributed by atoms with van der Waals surface area (Å²) in [7, 11) is 0. The van der Waals surface area contributed by atoms with Crippen molar-refractivity contribution in [1.82, 2.24) is 0 Å². The molecule has 0 bridgehead atoms. The van der Waals surface area contributed by atoms with Gasteiger partial charge in [0.15, 0.2) is 35.2 Å². The van der Waals surface area contributed by atoms with Crippen LogP contribution in [0.2, 0.25) is 0 Å². The molecular formula is C17H13F2NO4. The number of carbonyl (C=O) groups excluding carboxylic acids is 2. The minimum absolute atomic E-state index is 0.0848. The molecule has 2 rings (SSSR count). The summed E-state index contributed by atoms with van der Waals surface area (Å²) in [6, 6.07) is 5.80. The number of halogens is 2. The lowest BCUT2D eigenvalue weighted by Crippen LogP contribution is -2.34. The molecule has 0 aliphatic rings. The van der Waals surface area contributed by atoms with E-state index >= 15 is 0 Å². The Labute approximate surface area is 136 Å². The predicted octanol–water partition coefficient (Wildman–Crippen LogP) is 3.23. The van der Waals surface area contributed by atoms with Crippen LogP contribution in [0.5, 0.6) is 5.75 Å². The van der Waals surface area contributed by atoms with Crippen LogP contribution in [0.1, 0.15) is 23.0 Å². The third kappa shape index (κ3) is 3.49. The summed E-state index contributed by atoms with van der Waals surface area (Å²) in [4.78, 5) is 24.6. The standard InChI is InChI=1S/C17H13F2NO4/c1-9-12(5-6-23-9)17(22)13(8-20)16(21)10(2)24-11-3-4-14(18)15(19)7-11/h3-7,10,13H,1-2H3. The third-order valence-electron chi connectivity index (χ3n) is 3.40. The lowest BCUT2D eigenvalue weighted by atomic mass is 9.93. The Morgan fingerprint density at radius 1 is 1.25 bits per heavy atom. The molecule has 0 aliphatic heterocycles. The number of nitriles is 1. The van der Waals surface area contributed by atoms with Gasteiger partial charge in [0.1, 0.15) is 11.5 Å². The van der Waals surface area contributed by atoms with Crippen LogP contribution in [0.25, 0.3) is 0 Å². The number of hydrogen-bond acceptors (Lipinski definition) is 5. The van der Waals surface area contributed by atoms with Gasteiger partial charge in [-0.1, -0.05) is 0 Å². The molecule has 124 valence electrons. The topological polar surface area (TPSA) is 80.3 Å². The molecule has 0 radical (unpaired) electrons. The van der Waals surface area contributed by atoms with Crippen LogP contribution in [0.15, 0.2) is 34.9 Å². The Morgan fingerprint density at radius 3 is 2.50 bits per heavy atom. The van der Waals surface area contributed by atoms with Crippen molar-refractivity contribution in [3.63, 3.8) is 0 Å². The number of hydrogen-bond donors (Lipinski definition) is 0. The molecule has 2 unspecified atom stereocenters. The Bertz CT molecular complexity index is 822. The first kappa shape index (κ1) is 17.3. The number of rotatable bonds is 6. The minimum atomic E-state index is -1.58. The average Bonchev–Trinajstić information content (AvgIpc) is 2.97. The summed E-state index contributed by atoms with van der Waals surface area (Å²) < 4.78 is 36.2. The van der Waals surface area contributed by atoms with Crippen LogP contribution < -0.4 is 4.74 Å². The second-order valence-electron chi connectivity index (χ2n) is 5.06. The van der Waals surface area contributed by atoms with Crippen molar-refractivity contribution in [3.8, 4) is 11.8 Å². The van der Waals surface area contributed by atoms with Gasteiger partial charge in [0.25, 0.3) is 0 Å². The molecule has 7 heteroatoms. The maximum atomic E-state index is 13.2. The first-order valence-corrected chi connectivity index (χ1v) is 6.98. The van der Waals surface area contributed by atoms with Gasteiger partial charge >= 0.3 is 0 Å². The van der Waals surface area contributed by atoms with Crippen LogP contribution in [0.3, 0.4) is 0 Å². The van der Waals surface area contributed by atoms with Crippen LogP contribution in [0, 0.1) is 35.8 Å². The van der Waals surface area contributed by atoms with Crippen molar-refractivity contribution in [1.29, 1.82) is 5.26 Å². The van der Waals surface area contributed by atoms with Crippen LogP contribution in [0.4, 0.5) is 8.78 Å². The predicted molar refractivity (Wildman–Crippen MR) is 78.3 cm³/mol. The molecule has 0 spiro atoms. The number of nitrogens with zero attached hydrogens (tertiary/aromatic N) is 1. The average molecular weight is 333 g/mol. The van der Waals surface area contributed by atoms with Gasteiger partial charge in [-0.05, 0) is 32.0 Å². The molecule has 0 saturated heterocycles. The molecule has 0 aliphatic carbocycles. The van der Waals surface area contributed by atoms with Crippen LogP contribution >= 0.6 is 0 Å². The summed E-state index contributed by atoms with van der Waals surface area (Å²) in [5, 5.41) is 9.16. The number of Topliss-reactive ketones (excluding diaryl/α,β-unsaturated/α-hetero) is 2. The maximum absolute atomic E-state index is 13.2. The second kappa shape index (κ2) is 7.04. The van der Waals surface area contributed by atoms with Gasteiger partial charge in [0.2, 0.25) is 0 Å². The lowest BCUT2D eigenvalue weighted by Gasteiger charge is -2.16. The van der Waals surface area contributed by atoms with Gasteiger partial charge in [0, 0.05) is 6.07 Å². The van der Waals surface area contributed by atoms with Crippen molar-refractivity contribution in [2.45, 2.75) is 20.0 Å². The van der Waals surface area contributed by atoms with E-state index in [2.05, 4.69) is 0 Å². The molecule has 5 nitrogen and oxygen atoms in total. The fourth-order valence-corrected chi connectivity index (χ4v) is 2.09. The highest BCUT2D eigenvalue weighted by Gasteiger charge is 2.33. The Balaban J connectivity index is 2.16. The molecule has 0 saturated carbocycles. The van der Waals surface area contributed by atoms with E-state index in [0.717, 1.165) is 18.2 Å². The number of ketones is 2. The van der Waals surface area contributed by atoms with E-state index in [1.165, 1.54) is 26.2 Å². The Hall–Kier alpha value is -3.01. The molecule has 2 atom stereocenters. The molecular weight excluding hydrogens is 320 g/mol. The van der Waals surface area contributed by atoms with E-state index < -0.39 is 35.2 Å². The van der Waals surface area contributed by atoms with Crippen LogP contribution in [-0.2, 0) is 4.79 Å². The zero-order valence-corrected chi connectivity index (χ0v) is 12.9. The summed E-state index contributed by atoms with van der Waals surface area (Å²) in [6.07, 6.45) is 0.0820. The highest BCUT2D eigenvalue weighted by atomic mass is 19.2. The molecule has 1 heterocycles. The van der Waals surface area contributed by atoms with Gasteiger partial charge in [-0.15, -0.1) is 0 Å². The number of aryl methyl sites for hydroxylation is 1. The van der Waals surface area contributed by atoms with E-state index in [1.807, 2.05) is 0 Å². The van der Waals surface area contributed by atoms with Crippen molar-refractivity contribution < 1.29 is 27.5 Å². The van der Waals surface area contributed by atoms with E-state index in [-0.39, 0.29) is 11.3 Å². The van der Waals surface area contributed by atoms with Crippen molar-refractivity contribution >= 4 is 11.6 Å². The third-order valence-corrected chi connectivity index (χ3v) is 3.40. The first-order valence-electron chi connectivity index (χ1n) is 6.98. The molecule has 1 aromatic carbocycles. The summed E-state index contributed by atoms with van der Waals surface area (Å²) in [6.45, 7) is 2.86. The fourth-order valence-electron chi connectivity index (χ4n) is 2.09. The summed E-state index contributed by atoms with van der Waals surface area (Å²) in [5.74, 6) is -5.04. The van der Waals surface area contributed by atoms with E-state index in [4.69, 9.17) is 14.4 Å². The van der Waals surface area contributed by atoms with Crippen LogP contribution in [-0.4, -0.2) is 17.7 Å².